The quantitative estimate of drug-likeness (QED) is 0.671. The van der Waals surface area contributed by atoms with Crippen molar-refractivity contribution in [2.24, 2.45) is 17.6 Å². The second kappa shape index (κ2) is 9.05. The Morgan fingerprint density at radius 2 is 1.58 bits per heavy atom. The van der Waals surface area contributed by atoms with Gasteiger partial charge in [0.15, 0.2) is 0 Å². The van der Waals surface area contributed by atoms with Crippen molar-refractivity contribution in [2.75, 3.05) is 0 Å². The van der Waals surface area contributed by atoms with Gasteiger partial charge in [0.25, 0.3) is 5.91 Å². The molecule has 0 bridgehead atoms. The molecular weight excluding hydrogens is 306 g/mol. The Bertz CT molecular complexity index is 570. The maximum absolute atomic E-state index is 12.5. The third-order valence-corrected chi connectivity index (χ3v) is 3.64. The van der Waals surface area contributed by atoms with E-state index in [-0.39, 0.29) is 17.7 Å². The van der Waals surface area contributed by atoms with Crippen LogP contribution in [0.2, 0.25) is 0 Å². The maximum Gasteiger partial charge on any atom is 0.251 e. The number of carbonyl (C=O) groups excluding carboxylic acids is 3. The molecule has 6 nitrogen and oxygen atoms in total. The largest absolute Gasteiger partial charge is 0.368 e. The molecule has 2 atom stereocenters. The molecule has 0 aromatic heterocycles. The normalized spacial score (nSPS) is 13.4. The summed E-state index contributed by atoms with van der Waals surface area (Å²) in [6.45, 7) is 7.55. The standard InChI is InChI=1S/C18H27N3O3/c1-11(2)10-14(16(19)22)20-18(24)15(12(3)4)21-17(23)13-8-6-5-7-9-13/h5-9,11-12,14-15H,10H2,1-4H3,(H2,19,22)(H,20,24)(H,21,23)/t14-,15-/m0/s1. The number of rotatable bonds is 8. The fourth-order valence-electron chi connectivity index (χ4n) is 2.33. The van der Waals surface area contributed by atoms with Gasteiger partial charge in [-0.15, -0.1) is 0 Å². The van der Waals surface area contributed by atoms with Gasteiger partial charge in [0.1, 0.15) is 12.1 Å². The van der Waals surface area contributed by atoms with Crippen LogP contribution in [0, 0.1) is 11.8 Å². The van der Waals surface area contributed by atoms with Crippen LogP contribution in [-0.4, -0.2) is 29.8 Å². The van der Waals surface area contributed by atoms with Gasteiger partial charge in [0.05, 0.1) is 0 Å². The molecule has 0 fully saturated rings. The first kappa shape index (κ1) is 19.7. The molecular formula is C18H27N3O3. The van der Waals surface area contributed by atoms with Crippen molar-refractivity contribution in [3.63, 3.8) is 0 Å². The summed E-state index contributed by atoms with van der Waals surface area (Å²) in [4.78, 5) is 36.3. The predicted molar refractivity (Wildman–Crippen MR) is 93.1 cm³/mol. The average molecular weight is 333 g/mol. The summed E-state index contributed by atoms with van der Waals surface area (Å²) < 4.78 is 0. The third kappa shape index (κ3) is 6.02. The maximum atomic E-state index is 12.5. The summed E-state index contributed by atoms with van der Waals surface area (Å²) in [6, 6.07) is 7.19. The summed E-state index contributed by atoms with van der Waals surface area (Å²) in [6.07, 6.45) is 0.457. The molecule has 6 heteroatoms. The Morgan fingerprint density at radius 1 is 1.00 bits per heavy atom. The van der Waals surface area contributed by atoms with Crippen molar-refractivity contribution in [3.8, 4) is 0 Å². The zero-order valence-corrected chi connectivity index (χ0v) is 14.7. The van der Waals surface area contributed by atoms with E-state index in [0.29, 0.717) is 12.0 Å². The number of benzene rings is 1. The molecule has 0 aliphatic carbocycles. The van der Waals surface area contributed by atoms with Crippen LogP contribution in [0.5, 0.6) is 0 Å². The lowest BCUT2D eigenvalue weighted by atomic mass is 10.00. The SMILES string of the molecule is CC(C)C[C@H](NC(=O)[C@@H](NC(=O)c1ccccc1)C(C)C)C(N)=O. The van der Waals surface area contributed by atoms with E-state index in [1.54, 1.807) is 24.3 Å². The lowest BCUT2D eigenvalue weighted by Crippen LogP contribution is -2.55. The molecule has 0 radical (unpaired) electrons. The molecule has 24 heavy (non-hydrogen) atoms. The molecule has 0 spiro atoms. The number of carbonyl (C=O) groups is 3. The van der Waals surface area contributed by atoms with Gasteiger partial charge in [-0.25, -0.2) is 0 Å². The minimum atomic E-state index is -0.744. The van der Waals surface area contributed by atoms with Crippen LogP contribution < -0.4 is 16.4 Å². The van der Waals surface area contributed by atoms with E-state index in [2.05, 4.69) is 10.6 Å². The zero-order chi connectivity index (χ0) is 18.3. The monoisotopic (exact) mass is 333 g/mol. The van der Waals surface area contributed by atoms with Crippen molar-refractivity contribution in [1.29, 1.82) is 0 Å². The highest BCUT2D eigenvalue weighted by molar-refractivity contribution is 5.98. The topological polar surface area (TPSA) is 101 Å². The van der Waals surface area contributed by atoms with Crippen LogP contribution in [-0.2, 0) is 9.59 Å². The van der Waals surface area contributed by atoms with Crippen LogP contribution in [0.3, 0.4) is 0 Å². The van der Waals surface area contributed by atoms with E-state index in [1.165, 1.54) is 0 Å². The molecule has 0 heterocycles. The molecule has 1 aromatic carbocycles. The molecule has 0 aliphatic rings. The zero-order valence-electron chi connectivity index (χ0n) is 14.7. The smallest absolute Gasteiger partial charge is 0.251 e. The number of hydrogen-bond acceptors (Lipinski definition) is 3. The van der Waals surface area contributed by atoms with Crippen molar-refractivity contribution in [2.45, 2.75) is 46.2 Å². The van der Waals surface area contributed by atoms with E-state index in [0.717, 1.165) is 0 Å². The predicted octanol–water partition coefficient (Wildman–Crippen LogP) is 1.46. The fraction of sp³-hybridized carbons (Fsp3) is 0.500. The molecule has 132 valence electrons. The Balaban J connectivity index is 2.81. The second-order valence-electron chi connectivity index (χ2n) is 6.65. The first-order valence-corrected chi connectivity index (χ1v) is 8.18. The number of nitrogens with two attached hydrogens (primary N) is 1. The molecule has 4 N–H and O–H groups in total. The summed E-state index contributed by atoms with van der Waals surface area (Å²) in [7, 11) is 0. The van der Waals surface area contributed by atoms with E-state index in [9.17, 15) is 14.4 Å². The van der Waals surface area contributed by atoms with E-state index in [4.69, 9.17) is 5.73 Å². The van der Waals surface area contributed by atoms with Crippen LogP contribution in [0.1, 0.15) is 44.5 Å². The fourth-order valence-corrected chi connectivity index (χ4v) is 2.33. The molecule has 3 amide bonds. The van der Waals surface area contributed by atoms with Crippen LogP contribution >= 0.6 is 0 Å². The van der Waals surface area contributed by atoms with Gasteiger partial charge in [-0.3, -0.25) is 14.4 Å². The van der Waals surface area contributed by atoms with Crippen molar-refractivity contribution >= 4 is 17.7 Å². The van der Waals surface area contributed by atoms with Gasteiger partial charge in [0, 0.05) is 5.56 Å². The Morgan fingerprint density at radius 3 is 2.04 bits per heavy atom. The highest BCUT2D eigenvalue weighted by Crippen LogP contribution is 2.08. The molecule has 1 aromatic rings. The van der Waals surface area contributed by atoms with Crippen molar-refractivity contribution < 1.29 is 14.4 Å². The first-order chi connectivity index (χ1) is 11.2. The van der Waals surface area contributed by atoms with Crippen molar-refractivity contribution in [3.05, 3.63) is 35.9 Å². The summed E-state index contributed by atoms with van der Waals surface area (Å²) in [5, 5.41) is 5.38. The van der Waals surface area contributed by atoms with Crippen LogP contribution in [0.25, 0.3) is 0 Å². The Kier molecular flexibility index (Phi) is 7.42. The van der Waals surface area contributed by atoms with E-state index >= 15 is 0 Å². The first-order valence-electron chi connectivity index (χ1n) is 8.18. The van der Waals surface area contributed by atoms with Gasteiger partial charge in [0.2, 0.25) is 11.8 Å². The third-order valence-electron chi connectivity index (χ3n) is 3.64. The van der Waals surface area contributed by atoms with E-state index < -0.39 is 23.9 Å². The number of hydrogen-bond donors (Lipinski definition) is 3. The summed E-state index contributed by atoms with van der Waals surface area (Å²) in [5.41, 5.74) is 5.84. The lowest BCUT2D eigenvalue weighted by molar-refractivity contribution is -0.129. The van der Waals surface area contributed by atoms with Crippen LogP contribution in [0.4, 0.5) is 0 Å². The summed E-state index contributed by atoms with van der Waals surface area (Å²) >= 11 is 0. The average Bonchev–Trinajstić information content (AvgIpc) is 2.51. The van der Waals surface area contributed by atoms with Crippen molar-refractivity contribution in [1.82, 2.24) is 10.6 Å². The Labute approximate surface area is 143 Å². The molecule has 1 rings (SSSR count). The highest BCUT2D eigenvalue weighted by atomic mass is 16.2. The van der Waals surface area contributed by atoms with Gasteiger partial charge >= 0.3 is 0 Å². The lowest BCUT2D eigenvalue weighted by Gasteiger charge is -2.25. The Hall–Kier alpha value is -2.37. The summed E-state index contributed by atoms with van der Waals surface area (Å²) in [5.74, 6) is -1.24. The highest BCUT2D eigenvalue weighted by Gasteiger charge is 2.28. The van der Waals surface area contributed by atoms with E-state index in [1.807, 2.05) is 33.8 Å². The molecule has 0 saturated heterocycles. The van der Waals surface area contributed by atoms with Gasteiger partial charge < -0.3 is 16.4 Å². The van der Waals surface area contributed by atoms with Gasteiger partial charge in [-0.05, 0) is 30.4 Å². The van der Waals surface area contributed by atoms with Gasteiger partial charge in [-0.2, -0.15) is 0 Å². The minimum Gasteiger partial charge on any atom is -0.368 e. The molecule has 0 saturated carbocycles. The molecule has 0 aliphatic heterocycles. The molecule has 0 unspecified atom stereocenters. The van der Waals surface area contributed by atoms with Crippen LogP contribution in [0.15, 0.2) is 30.3 Å². The number of nitrogens with one attached hydrogen (secondary N) is 2. The second-order valence-corrected chi connectivity index (χ2v) is 6.65. The minimum absolute atomic E-state index is 0.134. The van der Waals surface area contributed by atoms with Gasteiger partial charge in [-0.1, -0.05) is 45.9 Å². The number of amides is 3. The number of primary amides is 1.